The zero-order valence-electron chi connectivity index (χ0n) is 10.8. The highest BCUT2D eigenvalue weighted by Crippen LogP contribution is 2.31. The van der Waals surface area contributed by atoms with Crippen LogP contribution in [0.15, 0.2) is 24.3 Å². The first-order valence-corrected chi connectivity index (χ1v) is 5.90. The van der Waals surface area contributed by atoms with Crippen molar-refractivity contribution in [1.29, 1.82) is 0 Å². The molecule has 0 amide bonds. The molecule has 1 unspecified atom stereocenters. The Hall–Kier alpha value is -2.06. The third kappa shape index (κ3) is 5.38. The molecule has 1 aromatic rings. The summed E-state index contributed by atoms with van der Waals surface area (Å²) in [5.74, 6) is -4.64. The number of carbonyl (C=O) groups excluding carboxylic acids is 1. The summed E-state index contributed by atoms with van der Waals surface area (Å²) in [6.07, 6.45) is -12.1. The van der Waals surface area contributed by atoms with Crippen molar-refractivity contribution in [3.63, 3.8) is 0 Å². The lowest BCUT2D eigenvalue weighted by molar-refractivity contribution is -0.148. The van der Waals surface area contributed by atoms with Gasteiger partial charge in [0.2, 0.25) is 0 Å². The summed E-state index contributed by atoms with van der Waals surface area (Å²) in [6.45, 7) is 0. The van der Waals surface area contributed by atoms with Crippen molar-refractivity contribution < 1.29 is 41.0 Å². The zero-order chi connectivity index (χ0) is 17.1. The molecule has 0 fully saturated rings. The normalized spacial score (nSPS) is 13.7. The number of hydrogen-bond acceptors (Lipinski definition) is 2. The number of hydrogen-bond donors (Lipinski definition) is 1. The van der Waals surface area contributed by atoms with Crippen molar-refractivity contribution in [1.82, 2.24) is 0 Å². The van der Waals surface area contributed by atoms with Crippen molar-refractivity contribution in [2.24, 2.45) is 5.92 Å². The van der Waals surface area contributed by atoms with Gasteiger partial charge in [0.05, 0.1) is 18.4 Å². The zero-order valence-corrected chi connectivity index (χ0v) is 10.8. The summed E-state index contributed by atoms with van der Waals surface area (Å²) < 4.78 is 74.2. The molecule has 0 saturated carbocycles. The summed E-state index contributed by atoms with van der Waals surface area (Å²) >= 11 is 0. The second kappa shape index (κ2) is 6.37. The molecule has 1 N–H and O–H groups in total. The quantitative estimate of drug-likeness (QED) is 0.658. The molecule has 3 nitrogen and oxygen atoms in total. The van der Waals surface area contributed by atoms with Gasteiger partial charge in [-0.05, 0) is 12.1 Å². The SMILES string of the molecule is O=C(O)CC(CC(F)(F)F)C(=O)c1ccc(C(F)(F)F)cc1. The van der Waals surface area contributed by atoms with Crippen LogP contribution >= 0.6 is 0 Å². The Bertz CT molecular complexity index is 544. The molecule has 0 spiro atoms. The Morgan fingerprint density at radius 2 is 1.50 bits per heavy atom. The summed E-state index contributed by atoms with van der Waals surface area (Å²) in [7, 11) is 0. The van der Waals surface area contributed by atoms with Crippen LogP contribution in [0.4, 0.5) is 26.3 Å². The number of Topliss-reactive ketones (excluding diaryl/α,β-unsaturated/α-hetero) is 1. The molecule has 1 atom stereocenters. The van der Waals surface area contributed by atoms with Crippen LogP contribution in [-0.2, 0) is 11.0 Å². The second-order valence-electron chi connectivity index (χ2n) is 4.55. The van der Waals surface area contributed by atoms with Gasteiger partial charge in [0.25, 0.3) is 0 Å². The van der Waals surface area contributed by atoms with Gasteiger partial charge in [-0.1, -0.05) is 12.1 Å². The molecule has 0 radical (unpaired) electrons. The van der Waals surface area contributed by atoms with Gasteiger partial charge < -0.3 is 5.11 Å². The Kier molecular flexibility index (Phi) is 5.21. The maximum Gasteiger partial charge on any atom is 0.416 e. The molecule has 9 heteroatoms. The van der Waals surface area contributed by atoms with Crippen LogP contribution in [0.3, 0.4) is 0 Å². The molecule has 0 bridgehead atoms. The third-order valence-electron chi connectivity index (χ3n) is 2.77. The van der Waals surface area contributed by atoms with Gasteiger partial charge in [-0.15, -0.1) is 0 Å². The molecule has 0 saturated heterocycles. The van der Waals surface area contributed by atoms with Crippen LogP contribution in [0.2, 0.25) is 0 Å². The van der Waals surface area contributed by atoms with E-state index in [4.69, 9.17) is 5.11 Å². The Morgan fingerprint density at radius 3 is 1.86 bits per heavy atom. The van der Waals surface area contributed by atoms with Crippen LogP contribution in [0.5, 0.6) is 0 Å². The monoisotopic (exact) mass is 328 g/mol. The van der Waals surface area contributed by atoms with Crippen molar-refractivity contribution >= 4 is 11.8 Å². The average Bonchev–Trinajstić information content (AvgIpc) is 2.34. The smallest absolute Gasteiger partial charge is 0.416 e. The third-order valence-corrected chi connectivity index (χ3v) is 2.77. The van der Waals surface area contributed by atoms with Crippen LogP contribution in [0.1, 0.15) is 28.8 Å². The predicted octanol–water partition coefficient (Wildman–Crippen LogP) is 3.93. The van der Waals surface area contributed by atoms with Gasteiger partial charge in [0.15, 0.2) is 5.78 Å². The maximum atomic E-state index is 12.4. The number of halogens is 6. The van der Waals surface area contributed by atoms with E-state index < -0.39 is 54.0 Å². The van der Waals surface area contributed by atoms with Crippen LogP contribution < -0.4 is 0 Å². The Balaban J connectivity index is 3.00. The summed E-state index contributed by atoms with van der Waals surface area (Å²) in [4.78, 5) is 22.4. The average molecular weight is 328 g/mol. The lowest BCUT2D eigenvalue weighted by atomic mass is 9.91. The molecule has 0 aliphatic rings. The Labute approximate surface area is 120 Å². The van der Waals surface area contributed by atoms with E-state index in [1.54, 1.807) is 0 Å². The fourth-order valence-corrected chi connectivity index (χ4v) is 1.81. The Morgan fingerprint density at radius 1 is 1.00 bits per heavy atom. The molecule has 122 valence electrons. The van der Waals surface area contributed by atoms with E-state index >= 15 is 0 Å². The summed E-state index contributed by atoms with van der Waals surface area (Å²) in [5.41, 5.74) is -1.46. The molecule has 22 heavy (non-hydrogen) atoms. The number of alkyl halides is 6. The van der Waals surface area contributed by atoms with Gasteiger partial charge in [-0.3, -0.25) is 9.59 Å². The van der Waals surface area contributed by atoms with Crippen LogP contribution in [-0.4, -0.2) is 23.0 Å². The van der Waals surface area contributed by atoms with E-state index in [9.17, 15) is 35.9 Å². The second-order valence-corrected chi connectivity index (χ2v) is 4.55. The van der Waals surface area contributed by atoms with Crippen molar-refractivity contribution in [2.75, 3.05) is 0 Å². The number of carbonyl (C=O) groups is 2. The fourth-order valence-electron chi connectivity index (χ4n) is 1.81. The lowest BCUT2D eigenvalue weighted by Gasteiger charge is -2.16. The highest BCUT2D eigenvalue weighted by molar-refractivity contribution is 5.99. The van der Waals surface area contributed by atoms with Crippen molar-refractivity contribution in [2.45, 2.75) is 25.2 Å². The highest BCUT2D eigenvalue weighted by Gasteiger charge is 2.37. The lowest BCUT2D eigenvalue weighted by Crippen LogP contribution is -2.25. The van der Waals surface area contributed by atoms with E-state index in [0.29, 0.717) is 12.1 Å². The van der Waals surface area contributed by atoms with E-state index in [1.165, 1.54) is 0 Å². The van der Waals surface area contributed by atoms with E-state index in [1.807, 2.05) is 0 Å². The predicted molar refractivity (Wildman–Crippen MR) is 62.2 cm³/mol. The molecular formula is C13H10F6O3. The minimum atomic E-state index is -4.76. The number of carboxylic acid groups (broad SMARTS) is 1. The standard InChI is InChI=1S/C13H10F6O3/c14-12(15,16)6-8(5-10(20)21)11(22)7-1-3-9(4-2-7)13(17,18)19/h1-4,8H,5-6H2,(H,20,21). The first-order chi connectivity index (χ1) is 9.90. The molecule has 1 rings (SSSR count). The fraction of sp³-hybridized carbons (Fsp3) is 0.385. The first kappa shape index (κ1) is 18.0. The van der Waals surface area contributed by atoms with Gasteiger partial charge in [0.1, 0.15) is 0 Å². The maximum absolute atomic E-state index is 12.4. The molecular weight excluding hydrogens is 318 g/mol. The molecule has 0 aliphatic carbocycles. The minimum absolute atomic E-state index is 0.400. The number of benzene rings is 1. The van der Waals surface area contributed by atoms with Gasteiger partial charge in [0, 0.05) is 11.5 Å². The van der Waals surface area contributed by atoms with Gasteiger partial charge in [-0.25, -0.2) is 0 Å². The summed E-state index contributed by atoms with van der Waals surface area (Å²) in [6, 6.07) is 2.57. The number of ketones is 1. The van der Waals surface area contributed by atoms with E-state index in [-0.39, 0.29) is 0 Å². The number of aliphatic carboxylic acids is 1. The minimum Gasteiger partial charge on any atom is -0.481 e. The summed E-state index contributed by atoms with van der Waals surface area (Å²) in [5, 5.41) is 8.56. The van der Waals surface area contributed by atoms with Crippen molar-refractivity contribution in [3.05, 3.63) is 35.4 Å². The van der Waals surface area contributed by atoms with E-state index in [0.717, 1.165) is 12.1 Å². The number of rotatable bonds is 5. The van der Waals surface area contributed by atoms with Gasteiger partial charge >= 0.3 is 18.3 Å². The largest absolute Gasteiger partial charge is 0.481 e. The first-order valence-electron chi connectivity index (χ1n) is 5.90. The van der Waals surface area contributed by atoms with Crippen LogP contribution in [0.25, 0.3) is 0 Å². The van der Waals surface area contributed by atoms with Crippen LogP contribution in [0, 0.1) is 5.92 Å². The number of carboxylic acids is 1. The van der Waals surface area contributed by atoms with Crippen molar-refractivity contribution in [3.8, 4) is 0 Å². The molecule has 0 heterocycles. The molecule has 0 aromatic heterocycles. The highest BCUT2D eigenvalue weighted by atomic mass is 19.4. The van der Waals surface area contributed by atoms with Gasteiger partial charge in [-0.2, -0.15) is 26.3 Å². The van der Waals surface area contributed by atoms with E-state index in [2.05, 4.69) is 0 Å². The molecule has 0 aliphatic heterocycles. The molecule has 1 aromatic carbocycles. The topological polar surface area (TPSA) is 54.4 Å².